The van der Waals surface area contributed by atoms with Gasteiger partial charge in [0.1, 0.15) is 5.75 Å². The van der Waals surface area contributed by atoms with E-state index in [1.165, 1.54) is 4.90 Å². The number of nitrogens with one attached hydrogen (secondary N) is 1. The number of amides is 3. The van der Waals surface area contributed by atoms with Gasteiger partial charge in [-0.1, -0.05) is 36.4 Å². The molecule has 0 radical (unpaired) electrons. The molecule has 0 atom stereocenters. The second-order valence-electron chi connectivity index (χ2n) is 7.30. The summed E-state index contributed by atoms with van der Waals surface area (Å²) in [5, 5.41) is 2.91. The Morgan fingerprint density at radius 3 is 2.19 bits per heavy atom. The lowest BCUT2D eigenvalue weighted by atomic mass is 10.1. The third-order valence-corrected chi connectivity index (χ3v) is 5.27. The predicted molar refractivity (Wildman–Crippen MR) is 116 cm³/mol. The zero-order valence-corrected chi connectivity index (χ0v) is 17.1. The van der Waals surface area contributed by atoms with Gasteiger partial charge >= 0.3 is 0 Å². The van der Waals surface area contributed by atoms with Gasteiger partial charge < -0.3 is 10.1 Å². The van der Waals surface area contributed by atoms with E-state index in [0.717, 1.165) is 16.9 Å². The first-order valence-electron chi connectivity index (χ1n) is 10.0. The molecule has 0 saturated heterocycles. The Bertz CT molecular complexity index is 1100. The van der Waals surface area contributed by atoms with E-state index in [0.29, 0.717) is 29.7 Å². The Hall–Kier alpha value is -3.93. The molecule has 1 aliphatic rings. The van der Waals surface area contributed by atoms with Crippen LogP contribution in [0.5, 0.6) is 5.75 Å². The van der Waals surface area contributed by atoms with Crippen LogP contribution in [-0.4, -0.2) is 36.3 Å². The van der Waals surface area contributed by atoms with Gasteiger partial charge in [0, 0.05) is 12.1 Å². The number of nitrogens with zero attached hydrogens (tertiary/aromatic N) is 1. The summed E-state index contributed by atoms with van der Waals surface area (Å²) in [5.74, 6) is -0.0229. The van der Waals surface area contributed by atoms with Crippen molar-refractivity contribution in [2.24, 2.45) is 0 Å². The minimum Gasteiger partial charge on any atom is -0.497 e. The minimum absolute atomic E-state index is 0.124. The number of hydrogen-bond donors (Lipinski definition) is 1. The van der Waals surface area contributed by atoms with Crippen LogP contribution < -0.4 is 10.1 Å². The van der Waals surface area contributed by atoms with Crippen LogP contribution in [-0.2, 0) is 13.0 Å². The maximum atomic E-state index is 12.6. The topological polar surface area (TPSA) is 75.7 Å². The van der Waals surface area contributed by atoms with Gasteiger partial charge in [-0.25, -0.2) is 0 Å². The zero-order chi connectivity index (χ0) is 21.8. The van der Waals surface area contributed by atoms with Gasteiger partial charge in [-0.2, -0.15) is 0 Å². The molecule has 0 aromatic heterocycles. The molecule has 1 aliphatic heterocycles. The molecule has 0 unspecified atom stereocenters. The monoisotopic (exact) mass is 414 g/mol. The van der Waals surface area contributed by atoms with Crippen molar-refractivity contribution in [2.45, 2.75) is 13.0 Å². The molecule has 0 saturated carbocycles. The van der Waals surface area contributed by atoms with E-state index in [4.69, 9.17) is 4.74 Å². The predicted octanol–water partition coefficient (Wildman–Crippen LogP) is 3.46. The van der Waals surface area contributed by atoms with Gasteiger partial charge in [-0.15, -0.1) is 0 Å². The molecule has 1 heterocycles. The first-order chi connectivity index (χ1) is 15.1. The molecule has 6 nitrogen and oxygen atoms in total. The Morgan fingerprint density at radius 1 is 0.871 bits per heavy atom. The highest BCUT2D eigenvalue weighted by molar-refractivity contribution is 6.21. The number of rotatable bonds is 7. The summed E-state index contributed by atoms with van der Waals surface area (Å²) in [6.07, 6.45) is 0.699. The quantitative estimate of drug-likeness (QED) is 0.601. The number of fused-ring (bicyclic) bond motifs is 1. The van der Waals surface area contributed by atoms with Crippen molar-refractivity contribution in [3.8, 4) is 5.75 Å². The normalized spacial score (nSPS) is 12.6. The van der Waals surface area contributed by atoms with Crippen LogP contribution in [0.3, 0.4) is 0 Å². The standard InChI is InChI=1S/C25H22N2O4/c1-31-20-11-9-17(10-12-20)13-14-26-23(28)19-6-4-5-18(15-19)16-27-24(29)21-7-2-3-8-22(21)25(27)30/h2-12,15H,13-14,16H2,1H3,(H,26,28). The highest BCUT2D eigenvalue weighted by Crippen LogP contribution is 2.24. The zero-order valence-electron chi connectivity index (χ0n) is 17.1. The maximum absolute atomic E-state index is 12.6. The van der Waals surface area contributed by atoms with Crippen molar-refractivity contribution in [3.63, 3.8) is 0 Å². The highest BCUT2D eigenvalue weighted by atomic mass is 16.5. The molecule has 1 N–H and O–H groups in total. The third-order valence-electron chi connectivity index (χ3n) is 5.27. The lowest BCUT2D eigenvalue weighted by Crippen LogP contribution is -2.29. The molecule has 156 valence electrons. The number of benzene rings is 3. The van der Waals surface area contributed by atoms with E-state index in [9.17, 15) is 14.4 Å². The van der Waals surface area contributed by atoms with Crippen molar-refractivity contribution in [1.29, 1.82) is 0 Å². The van der Waals surface area contributed by atoms with E-state index in [-0.39, 0.29) is 24.3 Å². The lowest BCUT2D eigenvalue weighted by Gasteiger charge is -2.14. The first kappa shape index (κ1) is 20.3. The Balaban J connectivity index is 1.37. The maximum Gasteiger partial charge on any atom is 0.261 e. The van der Waals surface area contributed by atoms with Gasteiger partial charge in [0.05, 0.1) is 24.8 Å². The van der Waals surface area contributed by atoms with Gasteiger partial charge in [0.2, 0.25) is 0 Å². The summed E-state index contributed by atoms with van der Waals surface area (Å²) in [6.45, 7) is 0.618. The molecular formula is C25H22N2O4. The molecule has 0 fully saturated rings. The van der Waals surface area contributed by atoms with Crippen LogP contribution in [0, 0.1) is 0 Å². The van der Waals surface area contributed by atoms with Crippen LogP contribution in [0.15, 0.2) is 72.8 Å². The van der Waals surface area contributed by atoms with Gasteiger partial charge in [0.15, 0.2) is 0 Å². The second kappa shape index (κ2) is 8.83. The third kappa shape index (κ3) is 4.33. The van der Waals surface area contributed by atoms with Crippen molar-refractivity contribution in [2.75, 3.05) is 13.7 Å². The summed E-state index contributed by atoms with van der Waals surface area (Å²) in [6, 6.07) is 21.5. The summed E-state index contributed by atoms with van der Waals surface area (Å²) in [5.41, 5.74) is 3.14. The van der Waals surface area contributed by atoms with E-state index in [2.05, 4.69) is 5.32 Å². The van der Waals surface area contributed by atoms with Crippen molar-refractivity contribution >= 4 is 17.7 Å². The van der Waals surface area contributed by atoms with E-state index < -0.39 is 0 Å². The molecule has 6 heteroatoms. The van der Waals surface area contributed by atoms with Crippen molar-refractivity contribution in [1.82, 2.24) is 10.2 Å². The number of imide groups is 1. The number of ether oxygens (including phenoxy) is 1. The van der Waals surface area contributed by atoms with Crippen molar-refractivity contribution < 1.29 is 19.1 Å². The van der Waals surface area contributed by atoms with E-state index >= 15 is 0 Å². The summed E-state index contributed by atoms with van der Waals surface area (Å²) < 4.78 is 5.14. The second-order valence-corrected chi connectivity index (χ2v) is 7.30. The Labute approximate surface area is 180 Å². The average molecular weight is 414 g/mol. The number of hydrogen-bond acceptors (Lipinski definition) is 4. The average Bonchev–Trinajstić information content (AvgIpc) is 3.05. The van der Waals surface area contributed by atoms with Crippen LogP contribution >= 0.6 is 0 Å². The molecule has 0 bridgehead atoms. The minimum atomic E-state index is -0.310. The van der Waals surface area contributed by atoms with E-state index in [1.54, 1.807) is 55.6 Å². The molecule has 31 heavy (non-hydrogen) atoms. The lowest BCUT2D eigenvalue weighted by molar-refractivity contribution is 0.0642. The van der Waals surface area contributed by atoms with Gasteiger partial charge in [-0.3, -0.25) is 19.3 Å². The van der Waals surface area contributed by atoms with Gasteiger partial charge in [0.25, 0.3) is 17.7 Å². The van der Waals surface area contributed by atoms with Gasteiger partial charge in [-0.05, 0) is 53.9 Å². The van der Waals surface area contributed by atoms with Crippen LogP contribution in [0.25, 0.3) is 0 Å². The molecule has 3 aromatic rings. The highest BCUT2D eigenvalue weighted by Gasteiger charge is 2.34. The van der Waals surface area contributed by atoms with Crippen LogP contribution in [0.4, 0.5) is 0 Å². The summed E-state index contributed by atoms with van der Waals surface area (Å²) in [4.78, 5) is 38.9. The fraction of sp³-hybridized carbons (Fsp3) is 0.160. The Morgan fingerprint density at radius 2 is 1.55 bits per heavy atom. The molecular weight excluding hydrogens is 392 g/mol. The number of carbonyl (C=O) groups is 3. The molecule has 3 aromatic carbocycles. The Kier molecular flexibility index (Phi) is 5.80. The van der Waals surface area contributed by atoms with E-state index in [1.807, 2.05) is 24.3 Å². The number of methoxy groups -OCH3 is 1. The molecule has 0 aliphatic carbocycles. The van der Waals surface area contributed by atoms with Crippen molar-refractivity contribution in [3.05, 3.63) is 101 Å². The van der Waals surface area contributed by atoms with Crippen LogP contribution in [0.2, 0.25) is 0 Å². The molecule has 3 amide bonds. The summed E-state index contributed by atoms with van der Waals surface area (Å²) in [7, 11) is 1.62. The molecule has 4 rings (SSSR count). The smallest absolute Gasteiger partial charge is 0.261 e. The summed E-state index contributed by atoms with van der Waals surface area (Å²) >= 11 is 0. The fourth-order valence-corrected chi connectivity index (χ4v) is 3.59. The largest absolute Gasteiger partial charge is 0.497 e. The fourth-order valence-electron chi connectivity index (χ4n) is 3.59. The SMILES string of the molecule is COc1ccc(CCNC(=O)c2cccc(CN3C(=O)c4ccccc4C3=O)c2)cc1. The van der Waals surface area contributed by atoms with Crippen LogP contribution in [0.1, 0.15) is 42.2 Å². The number of carbonyl (C=O) groups excluding carboxylic acids is 3. The molecule has 0 spiro atoms. The first-order valence-corrected chi connectivity index (χ1v) is 10.0.